The van der Waals surface area contributed by atoms with E-state index in [2.05, 4.69) is 10.3 Å². The molecule has 88 valence electrons. The average Bonchev–Trinajstić information content (AvgIpc) is 2.82. The number of hydrogen-bond acceptors (Lipinski definition) is 5. The Morgan fingerprint density at radius 2 is 2.18 bits per heavy atom. The lowest BCUT2D eigenvalue weighted by Crippen LogP contribution is -2.24. The van der Waals surface area contributed by atoms with Gasteiger partial charge in [-0.1, -0.05) is 5.21 Å². The Kier molecular flexibility index (Phi) is 3.06. The molecule has 0 unspecified atom stereocenters. The second-order valence-corrected chi connectivity index (χ2v) is 3.62. The molecule has 0 aliphatic rings. The van der Waals surface area contributed by atoms with Gasteiger partial charge in [0.2, 0.25) is 0 Å². The zero-order chi connectivity index (χ0) is 12.3. The fraction of sp³-hybridized carbons (Fsp3) is 0.0909. The van der Waals surface area contributed by atoms with Crippen LogP contribution in [0.2, 0.25) is 0 Å². The third-order valence-corrected chi connectivity index (χ3v) is 2.28. The third-order valence-electron chi connectivity index (χ3n) is 2.28. The second-order valence-electron chi connectivity index (χ2n) is 3.62. The lowest BCUT2D eigenvalue weighted by atomic mass is 10.2. The first kappa shape index (κ1) is 11.2. The molecule has 0 aliphatic carbocycles. The van der Waals surface area contributed by atoms with Gasteiger partial charge in [-0.3, -0.25) is 5.01 Å². The van der Waals surface area contributed by atoms with Gasteiger partial charge in [-0.05, 0) is 30.7 Å². The molecule has 1 aromatic heterocycles. The molecule has 17 heavy (non-hydrogen) atoms. The molecule has 0 aliphatic heterocycles. The normalized spacial score (nSPS) is 10.9. The van der Waals surface area contributed by atoms with Crippen LogP contribution in [0.15, 0.2) is 43.0 Å². The van der Waals surface area contributed by atoms with E-state index in [-0.39, 0.29) is 0 Å². The van der Waals surface area contributed by atoms with Gasteiger partial charge in [0.25, 0.3) is 0 Å². The van der Waals surface area contributed by atoms with E-state index >= 15 is 0 Å². The van der Waals surface area contributed by atoms with Crippen LogP contribution in [0.3, 0.4) is 0 Å². The molecule has 2 aromatic rings. The minimum Gasteiger partial charge on any atom is -0.403 e. The van der Waals surface area contributed by atoms with Gasteiger partial charge >= 0.3 is 0 Å². The van der Waals surface area contributed by atoms with Gasteiger partial charge in [0.1, 0.15) is 0 Å². The number of aryl methyl sites for hydroxylation is 1. The summed E-state index contributed by atoms with van der Waals surface area (Å²) < 4.78 is 1.68. The van der Waals surface area contributed by atoms with E-state index in [1.165, 1.54) is 11.2 Å². The maximum Gasteiger partial charge on any atom is 0.0697 e. The molecule has 0 bridgehead atoms. The van der Waals surface area contributed by atoms with Crippen LogP contribution < -0.4 is 16.6 Å². The van der Waals surface area contributed by atoms with Crippen molar-refractivity contribution < 1.29 is 0 Å². The van der Waals surface area contributed by atoms with Crippen LogP contribution >= 0.6 is 0 Å². The molecule has 0 radical (unpaired) electrons. The number of hydrazine groups is 1. The lowest BCUT2D eigenvalue weighted by molar-refractivity contribution is 0.802. The Morgan fingerprint density at radius 1 is 1.35 bits per heavy atom. The zero-order valence-electron chi connectivity index (χ0n) is 9.49. The number of nitrogens with zero attached hydrogens (tertiary/aromatic N) is 4. The van der Waals surface area contributed by atoms with Crippen molar-refractivity contribution in [1.82, 2.24) is 15.0 Å². The first-order valence-corrected chi connectivity index (χ1v) is 5.11. The summed E-state index contributed by atoms with van der Waals surface area (Å²) in [4.78, 5) is 0. The maximum atomic E-state index is 5.82. The van der Waals surface area contributed by atoms with Gasteiger partial charge in [-0.25, -0.2) is 10.5 Å². The van der Waals surface area contributed by atoms with Gasteiger partial charge in [0, 0.05) is 12.4 Å². The largest absolute Gasteiger partial charge is 0.403 e. The van der Waals surface area contributed by atoms with Crippen molar-refractivity contribution in [3.05, 3.63) is 48.6 Å². The summed E-state index contributed by atoms with van der Waals surface area (Å²) in [5.41, 5.74) is 8.12. The van der Waals surface area contributed by atoms with Crippen LogP contribution in [0.4, 0.5) is 5.69 Å². The Morgan fingerprint density at radius 3 is 2.82 bits per heavy atom. The molecule has 0 saturated carbocycles. The number of anilines is 1. The molecule has 4 N–H and O–H groups in total. The van der Waals surface area contributed by atoms with Gasteiger partial charge in [0.15, 0.2) is 0 Å². The number of benzene rings is 1. The van der Waals surface area contributed by atoms with Crippen molar-refractivity contribution in [2.24, 2.45) is 11.6 Å². The topological polar surface area (TPSA) is 86.0 Å². The predicted octanol–water partition coefficient (Wildman–Crippen LogP) is 0.686. The van der Waals surface area contributed by atoms with E-state index in [0.717, 1.165) is 16.9 Å². The highest BCUT2D eigenvalue weighted by molar-refractivity contribution is 5.56. The summed E-state index contributed by atoms with van der Waals surface area (Å²) in [6.07, 6.45) is 6.37. The average molecular weight is 230 g/mol. The van der Waals surface area contributed by atoms with E-state index in [0.29, 0.717) is 0 Å². The Hall–Kier alpha value is -2.34. The molecule has 0 atom stereocenters. The first-order valence-electron chi connectivity index (χ1n) is 5.11. The highest BCUT2D eigenvalue weighted by Crippen LogP contribution is 2.19. The van der Waals surface area contributed by atoms with E-state index in [4.69, 9.17) is 11.6 Å². The van der Waals surface area contributed by atoms with Crippen LogP contribution in [0, 0.1) is 6.92 Å². The van der Waals surface area contributed by atoms with Crippen LogP contribution in [-0.2, 0) is 0 Å². The molecule has 6 heteroatoms. The summed E-state index contributed by atoms with van der Waals surface area (Å²) in [7, 11) is 0. The van der Waals surface area contributed by atoms with Gasteiger partial charge < -0.3 is 5.73 Å². The Bertz CT molecular complexity index is 517. The molecule has 1 heterocycles. The third kappa shape index (κ3) is 2.43. The SMILES string of the molecule is Cc1cc(N(N)/C=C\N)cc(-n2ccnn2)c1. The van der Waals surface area contributed by atoms with Crippen molar-refractivity contribution in [2.45, 2.75) is 6.92 Å². The molecule has 0 fully saturated rings. The summed E-state index contributed by atoms with van der Waals surface area (Å²) in [6.45, 7) is 1.99. The lowest BCUT2D eigenvalue weighted by Gasteiger charge is -2.15. The predicted molar refractivity (Wildman–Crippen MR) is 66.1 cm³/mol. The van der Waals surface area contributed by atoms with Gasteiger partial charge in [-0.2, -0.15) is 0 Å². The summed E-state index contributed by atoms with van der Waals surface area (Å²) in [5, 5.41) is 9.16. The fourth-order valence-electron chi connectivity index (χ4n) is 1.55. The number of aromatic nitrogens is 3. The Labute approximate surface area is 99.1 Å². The van der Waals surface area contributed by atoms with Crippen molar-refractivity contribution >= 4 is 5.69 Å². The zero-order valence-corrected chi connectivity index (χ0v) is 9.49. The van der Waals surface area contributed by atoms with Crippen LogP contribution in [0.5, 0.6) is 0 Å². The smallest absolute Gasteiger partial charge is 0.0697 e. The summed E-state index contributed by atoms with van der Waals surface area (Å²) >= 11 is 0. The summed E-state index contributed by atoms with van der Waals surface area (Å²) in [5.74, 6) is 5.82. The number of hydrogen-bond donors (Lipinski definition) is 2. The first-order chi connectivity index (χ1) is 8.20. The van der Waals surface area contributed by atoms with Gasteiger partial charge in [0.05, 0.1) is 23.8 Å². The molecule has 0 amide bonds. The number of rotatable bonds is 3. The number of nitrogens with two attached hydrogens (primary N) is 2. The molecule has 6 nitrogen and oxygen atoms in total. The Balaban J connectivity index is 2.43. The molecule has 1 aromatic carbocycles. The van der Waals surface area contributed by atoms with E-state index < -0.39 is 0 Å². The van der Waals surface area contributed by atoms with Crippen LogP contribution in [0.1, 0.15) is 5.56 Å². The minimum absolute atomic E-state index is 0.831. The maximum absolute atomic E-state index is 5.82. The van der Waals surface area contributed by atoms with Crippen molar-refractivity contribution in [2.75, 3.05) is 5.01 Å². The molecule has 2 rings (SSSR count). The highest BCUT2D eigenvalue weighted by Gasteiger charge is 2.04. The molecular formula is C11H14N6. The molecule has 0 spiro atoms. The monoisotopic (exact) mass is 230 g/mol. The van der Waals surface area contributed by atoms with Crippen molar-refractivity contribution in [1.29, 1.82) is 0 Å². The molecular weight excluding hydrogens is 216 g/mol. The second kappa shape index (κ2) is 4.67. The van der Waals surface area contributed by atoms with E-state index in [1.54, 1.807) is 23.3 Å². The van der Waals surface area contributed by atoms with E-state index in [9.17, 15) is 0 Å². The minimum atomic E-state index is 0.831. The van der Waals surface area contributed by atoms with Crippen molar-refractivity contribution in [3.63, 3.8) is 0 Å². The standard InChI is InChI=1S/C11H14N6/c1-9-6-10(16(13)4-2-12)8-11(7-9)17-5-3-14-15-17/h2-8H,12-13H2,1H3/b4-2-. The van der Waals surface area contributed by atoms with Gasteiger partial charge in [-0.15, -0.1) is 5.10 Å². The van der Waals surface area contributed by atoms with Crippen molar-refractivity contribution in [3.8, 4) is 5.69 Å². The van der Waals surface area contributed by atoms with Crippen LogP contribution in [-0.4, -0.2) is 15.0 Å². The molecule has 0 saturated heterocycles. The highest BCUT2D eigenvalue weighted by atomic mass is 15.4. The fourth-order valence-corrected chi connectivity index (χ4v) is 1.55. The summed E-state index contributed by atoms with van der Waals surface area (Å²) in [6, 6.07) is 5.86. The van der Waals surface area contributed by atoms with E-state index in [1.807, 2.05) is 25.1 Å². The van der Waals surface area contributed by atoms with Crippen LogP contribution in [0.25, 0.3) is 5.69 Å². The quantitative estimate of drug-likeness (QED) is 0.598.